The molecule has 0 spiro atoms. The lowest BCUT2D eigenvalue weighted by molar-refractivity contribution is 0.412. The summed E-state index contributed by atoms with van der Waals surface area (Å²) in [6.45, 7) is 1.93. The van der Waals surface area contributed by atoms with Gasteiger partial charge in [0.15, 0.2) is 0 Å². The molecule has 1 unspecified atom stereocenters. The minimum absolute atomic E-state index is 0.0375. The third kappa shape index (κ3) is 3.74. The van der Waals surface area contributed by atoms with Crippen molar-refractivity contribution in [2.45, 2.75) is 13.0 Å². The molecule has 0 aliphatic heterocycles. The number of aryl methyl sites for hydroxylation is 1. The molecule has 3 rings (SSSR count). The van der Waals surface area contributed by atoms with Crippen LogP contribution in [-0.4, -0.2) is 17.1 Å². The summed E-state index contributed by atoms with van der Waals surface area (Å²) >= 11 is 3.56. The molecule has 1 heterocycles. The van der Waals surface area contributed by atoms with E-state index in [0.29, 0.717) is 0 Å². The van der Waals surface area contributed by atoms with Crippen LogP contribution in [-0.2, 0) is 0 Å². The lowest BCUT2D eigenvalue weighted by Gasteiger charge is -2.21. The van der Waals surface area contributed by atoms with E-state index in [4.69, 9.17) is 4.74 Å². The molecular weight excluding hydrogens is 366 g/mol. The fraction of sp³-hybridized carbons (Fsp3) is 0.158. The third-order valence-electron chi connectivity index (χ3n) is 3.69. The highest BCUT2D eigenvalue weighted by atomic mass is 79.9. The van der Waals surface area contributed by atoms with Gasteiger partial charge in [-0.2, -0.15) is 0 Å². The maximum atomic E-state index is 5.33. The smallest absolute Gasteiger partial charge is 0.145 e. The Labute approximate surface area is 150 Å². The van der Waals surface area contributed by atoms with Gasteiger partial charge in [-0.3, -0.25) is 4.98 Å². The minimum Gasteiger partial charge on any atom is -0.496 e. The van der Waals surface area contributed by atoms with Crippen LogP contribution in [0.1, 0.15) is 22.9 Å². The van der Waals surface area contributed by atoms with Gasteiger partial charge in [-0.05, 0) is 46.1 Å². The molecule has 5 heteroatoms. The average Bonchev–Trinajstić information content (AvgIpc) is 2.60. The van der Waals surface area contributed by atoms with Crippen molar-refractivity contribution in [2.24, 2.45) is 0 Å². The Hall–Kier alpha value is -2.40. The monoisotopic (exact) mass is 383 g/mol. The summed E-state index contributed by atoms with van der Waals surface area (Å²) in [5.74, 6) is 1.55. The van der Waals surface area contributed by atoms with Crippen LogP contribution in [0, 0.1) is 6.92 Å². The van der Waals surface area contributed by atoms with Crippen LogP contribution < -0.4 is 10.1 Å². The fourth-order valence-corrected chi connectivity index (χ4v) is 3.11. The molecule has 0 aliphatic carbocycles. The zero-order chi connectivity index (χ0) is 16.9. The maximum Gasteiger partial charge on any atom is 0.145 e. The van der Waals surface area contributed by atoms with Gasteiger partial charge in [0.05, 0.1) is 29.5 Å². The number of halogens is 1. The van der Waals surface area contributed by atoms with Crippen LogP contribution in [0.15, 0.2) is 65.4 Å². The Morgan fingerprint density at radius 3 is 2.50 bits per heavy atom. The predicted molar refractivity (Wildman–Crippen MR) is 99.4 cm³/mol. The van der Waals surface area contributed by atoms with Gasteiger partial charge in [0.25, 0.3) is 0 Å². The third-order valence-corrected chi connectivity index (χ3v) is 4.31. The Morgan fingerprint density at radius 1 is 1.04 bits per heavy atom. The van der Waals surface area contributed by atoms with E-state index in [2.05, 4.69) is 55.5 Å². The Kier molecular flexibility index (Phi) is 5.11. The second-order valence-corrected chi connectivity index (χ2v) is 6.28. The van der Waals surface area contributed by atoms with Gasteiger partial charge >= 0.3 is 0 Å². The van der Waals surface area contributed by atoms with Crippen molar-refractivity contribution in [3.63, 3.8) is 0 Å². The highest BCUT2D eigenvalue weighted by Crippen LogP contribution is 2.32. The Bertz CT molecular complexity index is 824. The first kappa shape index (κ1) is 16.5. The van der Waals surface area contributed by atoms with Gasteiger partial charge in [0, 0.05) is 6.20 Å². The van der Waals surface area contributed by atoms with Crippen LogP contribution in [0.5, 0.6) is 5.75 Å². The largest absolute Gasteiger partial charge is 0.496 e. The van der Waals surface area contributed by atoms with E-state index in [1.54, 1.807) is 19.5 Å². The number of anilines is 1. The molecule has 0 radical (unpaired) electrons. The van der Waals surface area contributed by atoms with E-state index < -0.39 is 0 Å². The van der Waals surface area contributed by atoms with Gasteiger partial charge in [-0.15, -0.1) is 0 Å². The van der Waals surface area contributed by atoms with E-state index in [9.17, 15) is 0 Å². The first-order valence-corrected chi connectivity index (χ1v) is 8.40. The normalized spacial score (nSPS) is 11.8. The maximum absolute atomic E-state index is 5.33. The number of nitrogens with zero attached hydrogens (tertiary/aromatic N) is 2. The van der Waals surface area contributed by atoms with E-state index >= 15 is 0 Å². The molecule has 1 aromatic heterocycles. The van der Waals surface area contributed by atoms with Crippen molar-refractivity contribution < 1.29 is 4.74 Å². The number of nitrogens with one attached hydrogen (secondary N) is 1. The van der Waals surface area contributed by atoms with Crippen molar-refractivity contribution in [1.82, 2.24) is 9.97 Å². The van der Waals surface area contributed by atoms with Crippen LogP contribution in [0.2, 0.25) is 0 Å². The molecule has 1 atom stereocenters. The topological polar surface area (TPSA) is 47.0 Å². The molecule has 4 nitrogen and oxygen atoms in total. The van der Waals surface area contributed by atoms with Crippen LogP contribution >= 0.6 is 15.9 Å². The summed E-state index contributed by atoms with van der Waals surface area (Å²) < 4.78 is 6.25. The van der Waals surface area contributed by atoms with E-state index in [0.717, 1.165) is 32.9 Å². The first-order chi connectivity index (χ1) is 11.7. The van der Waals surface area contributed by atoms with E-state index in [1.807, 2.05) is 31.2 Å². The summed E-state index contributed by atoms with van der Waals surface area (Å²) in [5.41, 5.74) is 3.14. The van der Waals surface area contributed by atoms with Gasteiger partial charge in [-0.25, -0.2) is 4.98 Å². The summed E-state index contributed by atoms with van der Waals surface area (Å²) in [4.78, 5) is 8.73. The fourth-order valence-electron chi connectivity index (χ4n) is 2.55. The van der Waals surface area contributed by atoms with Crippen LogP contribution in [0.3, 0.4) is 0 Å². The van der Waals surface area contributed by atoms with Gasteiger partial charge < -0.3 is 10.1 Å². The summed E-state index contributed by atoms with van der Waals surface area (Å²) in [5, 5.41) is 3.48. The first-order valence-electron chi connectivity index (χ1n) is 7.61. The lowest BCUT2D eigenvalue weighted by atomic mass is 9.98. The summed E-state index contributed by atoms with van der Waals surface area (Å²) in [6.07, 6.45) is 3.48. The number of hydrogen-bond acceptors (Lipinski definition) is 4. The molecule has 1 N–H and O–H groups in total. The van der Waals surface area contributed by atoms with Crippen molar-refractivity contribution in [2.75, 3.05) is 12.4 Å². The summed E-state index contributed by atoms with van der Waals surface area (Å²) in [7, 11) is 1.66. The molecule has 0 saturated heterocycles. The Balaban J connectivity index is 2.01. The van der Waals surface area contributed by atoms with Crippen LogP contribution in [0.4, 0.5) is 5.82 Å². The molecule has 2 aromatic carbocycles. The summed E-state index contributed by atoms with van der Waals surface area (Å²) in [6, 6.07) is 16.3. The standard InChI is InChI=1S/C19H18BrN3O/c1-13-11-21-12-18(22-13)23-19(14-6-4-3-5-7-14)15-8-9-17(24-2)16(20)10-15/h3-12,19H,1-2H3,(H,22,23). The number of ether oxygens (including phenoxy) is 1. The van der Waals surface area contributed by atoms with Crippen molar-refractivity contribution in [3.8, 4) is 5.75 Å². The van der Waals surface area contributed by atoms with Crippen LogP contribution in [0.25, 0.3) is 0 Å². The van der Waals surface area contributed by atoms with Crippen molar-refractivity contribution >= 4 is 21.7 Å². The second kappa shape index (κ2) is 7.45. The van der Waals surface area contributed by atoms with Crippen molar-refractivity contribution in [1.29, 1.82) is 0 Å². The molecule has 0 aliphatic rings. The molecule has 122 valence electrons. The number of benzene rings is 2. The molecule has 0 bridgehead atoms. The molecule has 0 fully saturated rings. The highest BCUT2D eigenvalue weighted by Gasteiger charge is 2.16. The SMILES string of the molecule is COc1ccc(C(Nc2cncc(C)n2)c2ccccc2)cc1Br. The number of methoxy groups -OCH3 is 1. The second-order valence-electron chi connectivity index (χ2n) is 5.43. The Morgan fingerprint density at radius 2 is 1.83 bits per heavy atom. The predicted octanol–water partition coefficient (Wildman–Crippen LogP) is 4.76. The molecule has 0 saturated carbocycles. The molecule has 24 heavy (non-hydrogen) atoms. The molecule has 3 aromatic rings. The number of aromatic nitrogens is 2. The molecule has 0 amide bonds. The zero-order valence-corrected chi connectivity index (χ0v) is 15.1. The lowest BCUT2D eigenvalue weighted by Crippen LogP contribution is -2.14. The number of rotatable bonds is 5. The van der Waals surface area contributed by atoms with Crippen molar-refractivity contribution in [3.05, 3.63) is 82.2 Å². The van der Waals surface area contributed by atoms with Gasteiger partial charge in [-0.1, -0.05) is 36.4 Å². The van der Waals surface area contributed by atoms with E-state index in [-0.39, 0.29) is 6.04 Å². The number of hydrogen-bond donors (Lipinski definition) is 1. The van der Waals surface area contributed by atoms with Gasteiger partial charge in [0.2, 0.25) is 0 Å². The highest BCUT2D eigenvalue weighted by molar-refractivity contribution is 9.10. The average molecular weight is 384 g/mol. The zero-order valence-electron chi connectivity index (χ0n) is 13.5. The minimum atomic E-state index is -0.0375. The quantitative estimate of drug-likeness (QED) is 0.689. The van der Waals surface area contributed by atoms with Gasteiger partial charge in [0.1, 0.15) is 11.6 Å². The molecular formula is C19H18BrN3O. The van der Waals surface area contributed by atoms with E-state index in [1.165, 1.54) is 0 Å².